The maximum absolute atomic E-state index is 11.9. The van der Waals surface area contributed by atoms with Gasteiger partial charge in [-0.2, -0.15) is 0 Å². The summed E-state index contributed by atoms with van der Waals surface area (Å²) in [4.78, 5) is 11.9. The molecule has 0 aliphatic heterocycles. The van der Waals surface area contributed by atoms with Gasteiger partial charge in [0.15, 0.2) is 0 Å². The van der Waals surface area contributed by atoms with E-state index >= 15 is 0 Å². The second kappa shape index (κ2) is 10.0. The van der Waals surface area contributed by atoms with Gasteiger partial charge in [0.25, 0.3) is 0 Å². The molecule has 3 heteroatoms. The van der Waals surface area contributed by atoms with Gasteiger partial charge < -0.3 is 9.47 Å². The Labute approximate surface area is 157 Å². The molecule has 0 fully saturated rings. The molecule has 0 heterocycles. The second-order valence-electron chi connectivity index (χ2n) is 6.99. The third-order valence-corrected chi connectivity index (χ3v) is 4.35. The number of hydrogen-bond donors (Lipinski definition) is 0. The third-order valence-electron chi connectivity index (χ3n) is 4.35. The number of esters is 1. The van der Waals surface area contributed by atoms with E-state index in [0.717, 1.165) is 18.6 Å². The number of hydrogen-bond acceptors (Lipinski definition) is 3. The van der Waals surface area contributed by atoms with E-state index in [0.29, 0.717) is 31.1 Å². The van der Waals surface area contributed by atoms with E-state index in [-0.39, 0.29) is 5.97 Å². The highest BCUT2D eigenvalue weighted by Crippen LogP contribution is 2.23. The highest BCUT2D eigenvalue weighted by atomic mass is 16.5. The summed E-state index contributed by atoms with van der Waals surface area (Å²) in [6.45, 7) is 9.13. The number of aryl methyl sites for hydroxylation is 2. The molecule has 0 atom stereocenters. The van der Waals surface area contributed by atoms with Crippen LogP contribution in [0.2, 0.25) is 0 Å². The average molecular weight is 354 g/mol. The van der Waals surface area contributed by atoms with Crippen LogP contribution in [0.15, 0.2) is 42.5 Å². The quantitative estimate of drug-likeness (QED) is 0.322. The molecule has 0 spiro atoms. The normalized spacial score (nSPS) is 10.8. The number of ether oxygens (including phenoxy) is 2. The first kappa shape index (κ1) is 20.0. The lowest BCUT2D eigenvalue weighted by molar-refractivity contribution is -0.134. The average Bonchev–Trinajstić information content (AvgIpc) is 2.60. The van der Waals surface area contributed by atoms with Crippen molar-refractivity contribution in [3.8, 4) is 11.5 Å². The van der Waals surface area contributed by atoms with E-state index in [4.69, 9.17) is 9.47 Å². The first-order valence-electron chi connectivity index (χ1n) is 9.52. The Kier molecular flexibility index (Phi) is 7.71. The number of benzene rings is 2. The summed E-state index contributed by atoms with van der Waals surface area (Å²) in [5.74, 6) is 1.75. The van der Waals surface area contributed by atoms with Crippen LogP contribution in [0, 0.1) is 6.92 Å². The summed E-state index contributed by atoms with van der Waals surface area (Å²) < 4.78 is 11.1. The Morgan fingerprint density at radius 3 is 2.35 bits per heavy atom. The van der Waals surface area contributed by atoms with Gasteiger partial charge in [0.2, 0.25) is 0 Å². The third kappa shape index (κ3) is 6.21. The molecule has 0 unspecified atom stereocenters. The van der Waals surface area contributed by atoms with Crippen molar-refractivity contribution in [1.29, 1.82) is 0 Å². The molecule has 26 heavy (non-hydrogen) atoms. The zero-order valence-electron chi connectivity index (χ0n) is 16.4. The topological polar surface area (TPSA) is 35.5 Å². The van der Waals surface area contributed by atoms with Crippen LogP contribution in [0.5, 0.6) is 11.5 Å². The van der Waals surface area contributed by atoms with Gasteiger partial charge in [-0.25, -0.2) is 0 Å². The lowest BCUT2D eigenvalue weighted by Gasteiger charge is -2.12. The van der Waals surface area contributed by atoms with E-state index in [1.807, 2.05) is 30.3 Å². The lowest BCUT2D eigenvalue weighted by Crippen LogP contribution is -2.10. The van der Waals surface area contributed by atoms with E-state index < -0.39 is 0 Å². The number of carbonyl (C=O) groups is 1. The van der Waals surface area contributed by atoms with Crippen LogP contribution in [0.1, 0.15) is 62.6 Å². The van der Waals surface area contributed by atoms with Crippen molar-refractivity contribution in [1.82, 2.24) is 0 Å². The summed E-state index contributed by atoms with van der Waals surface area (Å²) in [6.07, 6.45) is 3.14. The molecule has 0 saturated carbocycles. The minimum atomic E-state index is -0.219. The Morgan fingerprint density at radius 2 is 1.73 bits per heavy atom. The predicted molar refractivity (Wildman–Crippen MR) is 106 cm³/mol. The van der Waals surface area contributed by atoms with Crippen molar-refractivity contribution in [3.05, 3.63) is 59.2 Å². The van der Waals surface area contributed by atoms with Gasteiger partial charge in [0.1, 0.15) is 11.5 Å². The molecule has 140 valence electrons. The molecule has 2 aromatic carbocycles. The SMILES string of the molecule is CCCc1ccc(OC(=O)CCCOc2ccc(C(C)C)c(C)c2)cc1. The zero-order valence-corrected chi connectivity index (χ0v) is 16.4. The maximum atomic E-state index is 11.9. The molecule has 0 amide bonds. The minimum absolute atomic E-state index is 0.219. The van der Waals surface area contributed by atoms with Crippen molar-refractivity contribution in [2.75, 3.05) is 6.61 Å². The monoisotopic (exact) mass is 354 g/mol. The van der Waals surface area contributed by atoms with E-state index in [1.54, 1.807) is 0 Å². The second-order valence-corrected chi connectivity index (χ2v) is 6.99. The number of carbonyl (C=O) groups excluding carboxylic acids is 1. The Morgan fingerprint density at radius 1 is 1.04 bits per heavy atom. The molecule has 0 N–H and O–H groups in total. The van der Waals surface area contributed by atoms with Gasteiger partial charge >= 0.3 is 5.97 Å². The standard InChI is InChI=1S/C23H30O3/c1-5-7-19-9-11-20(12-10-19)26-23(24)8-6-15-25-21-13-14-22(17(2)3)18(4)16-21/h9-14,16-17H,5-8,15H2,1-4H3. The van der Waals surface area contributed by atoms with Gasteiger partial charge in [-0.15, -0.1) is 0 Å². The van der Waals surface area contributed by atoms with Gasteiger partial charge in [-0.05, 0) is 66.6 Å². The van der Waals surface area contributed by atoms with Crippen LogP contribution in [-0.4, -0.2) is 12.6 Å². The lowest BCUT2D eigenvalue weighted by atomic mass is 9.98. The smallest absolute Gasteiger partial charge is 0.311 e. The molecule has 0 saturated heterocycles. The van der Waals surface area contributed by atoms with Gasteiger partial charge in [0, 0.05) is 6.42 Å². The largest absolute Gasteiger partial charge is 0.494 e. The molecule has 0 bridgehead atoms. The van der Waals surface area contributed by atoms with Gasteiger partial charge in [0.05, 0.1) is 6.61 Å². The van der Waals surface area contributed by atoms with Crippen molar-refractivity contribution >= 4 is 5.97 Å². The van der Waals surface area contributed by atoms with Crippen LogP contribution < -0.4 is 9.47 Å². The molecule has 2 rings (SSSR count). The van der Waals surface area contributed by atoms with Gasteiger partial charge in [-0.3, -0.25) is 4.79 Å². The molecule has 0 aliphatic carbocycles. The van der Waals surface area contributed by atoms with Gasteiger partial charge in [-0.1, -0.05) is 45.4 Å². The summed E-state index contributed by atoms with van der Waals surface area (Å²) in [7, 11) is 0. The zero-order chi connectivity index (χ0) is 18.9. The van der Waals surface area contributed by atoms with Crippen molar-refractivity contribution in [3.63, 3.8) is 0 Å². The molecule has 2 aromatic rings. The molecular formula is C23H30O3. The molecule has 0 aliphatic rings. The van der Waals surface area contributed by atoms with Crippen LogP contribution >= 0.6 is 0 Å². The van der Waals surface area contributed by atoms with E-state index in [2.05, 4.69) is 39.8 Å². The first-order chi connectivity index (χ1) is 12.5. The summed E-state index contributed by atoms with van der Waals surface area (Å²) in [5.41, 5.74) is 3.84. The maximum Gasteiger partial charge on any atom is 0.311 e. The van der Waals surface area contributed by atoms with Crippen LogP contribution in [0.4, 0.5) is 0 Å². The molecule has 0 aromatic heterocycles. The number of rotatable bonds is 9. The molecular weight excluding hydrogens is 324 g/mol. The highest BCUT2D eigenvalue weighted by Gasteiger charge is 2.07. The van der Waals surface area contributed by atoms with Crippen LogP contribution in [0.25, 0.3) is 0 Å². The van der Waals surface area contributed by atoms with E-state index in [9.17, 15) is 4.79 Å². The summed E-state index contributed by atoms with van der Waals surface area (Å²) in [5, 5.41) is 0. The molecule has 3 nitrogen and oxygen atoms in total. The molecule has 0 radical (unpaired) electrons. The van der Waals surface area contributed by atoms with E-state index in [1.165, 1.54) is 16.7 Å². The van der Waals surface area contributed by atoms with Crippen LogP contribution in [-0.2, 0) is 11.2 Å². The van der Waals surface area contributed by atoms with Crippen molar-refractivity contribution in [2.24, 2.45) is 0 Å². The van der Waals surface area contributed by atoms with Crippen molar-refractivity contribution in [2.45, 2.75) is 59.3 Å². The summed E-state index contributed by atoms with van der Waals surface area (Å²) >= 11 is 0. The first-order valence-corrected chi connectivity index (χ1v) is 9.52. The Balaban J connectivity index is 1.72. The summed E-state index contributed by atoms with van der Waals surface area (Å²) in [6, 6.07) is 13.9. The fourth-order valence-corrected chi connectivity index (χ4v) is 2.99. The fraction of sp³-hybridized carbons (Fsp3) is 0.435. The Bertz CT molecular complexity index is 702. The van der Waals surface area contributed by atoms with Crippen molar-refractivity contribution < 1.29 is 14.3 Å². The fourth-order valence-electron chi connectivity index (χ4n) is 2.99. The predicted octanol–water partition coefficient (Wildman–Crippen LogP) is 5.84. The highest BCUT2D eigenvalue weighted by molar-refractivity contribution is 5.72. The van der Waals surface area contributed by atoms with Crippen LogP contribution in [0.3, 0.4) is 0 Å². The Hall–Kier alpha value is -2.29. The minimum Gasteiger partial charge on any atom is -0.494 e.